The Morgan fingerprint density at radius 3 is 2.43 bits per heavy atom. The molecule has 0 aliphatic carbocycles. The van der Waals surface area contributed by atoms with Crippen LogP contribution in [0.5, 0.6) is 0 Å². The van der Waals surface area contributed by atoms with Crippen LogP contribution in [0.2, 0.25) is 0 Å². The van der Waals surface area contributed by atoms with Gasteiger partial charge in [0.15, 0.2) is 0 Å². The molecule has 1 aromatic heterocycles. The van der Waals surface area contributed by atoms with Gasteiger partial charge in [0.1, 0.15) is 5.56 Å². The molecule has 162 valence electrons. The molecule has 2 aromatic rings. The second-order valence-corrected chi connectivity index (χ2v) is 9.13. The number of rotatable bonds is 5. The summed E-state index contributed by atoms with van der Waals surface area (Å²) in [4.78, 5) is 29.2. The number of benzene rings is 1. The summed E-state index contributed by atoms with van der Waals surface area (Å²) in [5.41, 5.74) is 1.96. The van der Waals surface area contributed by atoms with E-state index in [0.717, 1.165) is 12.8 Å². The molecule has 0 atom stereocenters. The Hall–Kier alpha value is -2.67. The molecule has 30 heavy (non-hydrogen) atoms. The number of carbonyl (C=O) groups excluding carboxylic acids is 2. The van der Waals surface area contributed by atoms with Crippen LogP contribution in [0.25, 0.3) is 10.9 Å². The molecule has 0 saturated carbocycles. The van der Waals surface area contributed by atoms with E-state index in [0.29, 0.717) is 27.7 Å². The third kappa shape index (κ3) is 4.73. The highest BCUT2D eigenvalue weighted by molar-refractivity contribution is 6.06. The minimum Gasteiger partial charge on any atom is -0.465 e. The maximum Gasteiger partial charge on any atom is 0.341 e. The van der Waals surface area contributed by atoms with E-state index >= 15 is 0 Å². The monoisotopic (exact) mass is 413 g/mol. The van der Waals surface area contributed by atoms with Gasteiger partial charge in [-0.1, -0.05) is 0 Å². The Balaban J connectivity index is 2.11. The van der Waals surface area contributed by atoms with Gasteiger partial charge in [-0.15, -0.1) is 0 Å². The van der Waals surface area contributed by atoms with Crippen LogP contribution in [0.4, 0.5) is 5.69 Å². The van der Waals surface area contributed by atoms with Gasteiger partial charge in [-0.2, -0.15) is 0 Å². The zero-order valence-corrected chi connectivity index (χ0v) is 18.6. The van der Waals surface area contributed by atoms with Crippen molar-refractivity contribution in [1.29, 1.82) is 0 Å². The number of esters is 2. The smallest absolute Gasteiger partial charge is 0.341 e. The molecule has 7 heteroatoms. The van der Waals surface area contributed by atoms with E-state index in [4.69, 9.17) is 9.47 Å². The number of nitrogens with zero attached hydrogens (tertiary/aromatic N) is 1. The Bertz CT molecular complexity index is 952. The summed E-state index contributed by atoms with van der Waals surface area (Å²) >= 11 is 0. The van der Waals surface area contributed by atoms with Crippen molar-refractivity contribution >= 4 is 28.5 Å². The Kier molecular flexibility index (Phi) is 6.04. The van der Waals surface area contributed by atoms with Gasteiger partial charge in [0.25, 0.3) is 0 Å². The summed E-state index contributed by atoms with van der Waals surface area (Å²) in [5.74, 6) is -0.876. The fourth-order valence-electron chi connectivity index (χ4n) is 4.58. The van der Waals surface area contributed by atoms with Crippen molar-refractivity contribution in [3.63, 3.8) is 0 Å². The lowest BCUT2D eigenvalue weighted by Gasteiger charge is -2.47. The van der Waals surface area contributed by atoms with Crippen LogP contribution in [0.3, 0.4) is 0 Å². The van der Waals surface area contributed by atoms with Crippen molar-refractivity contribution in [2.75, 3.05) is 19.0 Å². The van der Waals surface area contributed by atoms with Crippen LogP contribution in [0.15, 0.2) is 24.4 Å². The van der Waals surface area contributed by atoms with E-state index in [1.807, 2.05) is 0 Å². The number of nitrogens with one attached hydrogen (secondary N) is 2. The summed E-state index contributed by atoms with van der Waals surface area (Å²) in [6.07, 6.45) is 3.29. The van der Waals surface area contributed by atoms with Gasteiger partial charge < -0.3 is 20.1 Å². The van der Waals surface area contributed by atoms with Crippen molar-refractivity contribution in [2.45, 2.75) is 64.6 Å². The average molecular weight is 414 g/mol. The molecule has 2 N–H and O–H groups in total. The number of aromatic nitrogens is 1. The number of fused-ring (bicyclic) bond motifs is 1. The molecule has 0 unspecified atom stereocenters. The second-order valence-electron chi connectivity index (χ2n) is 9.13. The number of ether oxygens (including phenoxy) is 2. The first-order valence-corrected chi connectivity index (χ1v) is 10.3. The van der Waals surface area contributed by atoms with Crippen LogP contribution in [-0.2, 0) is 9.47 Å². The molecule has 1 aromatic carbocycles. The van der Waals surface area contributed by atoms with E-state index in [1.165, 1.54) is 13.3 Å². The lowest BCUT2D eigenvalue weighted by atomic mass is 9.79. The topological polar surface area (TPSA) is 89.5 Å². The predicted molar refractivity (Wildman–Crippen MR) is 117 cm³/mol. The summed E-state index contributed by atoms with van der Waals surface area (Å²) in [7, 11) is 1.35. The first kappa shape index (κ1) is 22.0. The van der Waals surface area contributed by atoms with Gasteiger partial charge >= 0.3 is 11.9 Å². The highest BCUT2D eigenvalue weighted by Gasteiger charge is 2.38. The normalized spacial score (nSPS) is 18.1. The van der Waals surface area contributed by atoms with Gasteiger partial charge in [-0.3, -0.25) is 4.98 Å². The number of piperidine rings is 1. The third-order valence-corrected chi connectivity index (χ3v) is 5.32. The number of hydrogen-bond donors (Lipinski definition) is 2. The quantitative estimate of drug-likeness (QED) is 0.718. The average Bonchev–Trinajstić information content (AvgIpc) is 2.64. The van der Waals surface area contributed by atoms with E-state index < -0.39 is 11.9 Å². The van der Waals surface area contributed by atoms with Gasteiger partial charge in [0.2, 0.25) is 0 Å². The predicted octanol–water partition coefficient (Wildman–Crippen LogP) is 3.92. The molecular formula is C23H31N3O4. The summed E-state index contributed by atoms with van der Waals surface area (Å²) in [5, 5.41) is 7.96. The molecule has 0 amide bonds. The highest BCUT2D eigenvalue weighted by atomic mass is 16.5. The molecule has 0 bridgehead atoms. The fraction of sp³-hybridized carbons (Fsp3) is 0.522. The SMILES string of the molecule is CCOC(=O)c1cnc2ccc(C(=O)OC)cc2c1NC1CC(C)(C)NC(C)(C)C1. The molecule has 1 fully saturated rings. The van der Waals surface area contributed by atoms with E-state index in [9.17, 15) is 9.59 Å². The van der Waals surface area contributed by atoms with Crippen molar-refractivity contribution in [3.05, 3.63) is 35.5 Å². The van der Waals surface area contributed by atoms with Gasteiger partial charge in [0.05, 0.1) is 30.5 Å². The minimum atomic E-state index is -0.440. The molecule has 2 heterocycles. The maximum absolute atomic E-state index is 12.7. The number of methoxy groups -OCH3 is 1. The minimum absolute atomic E-state index is 0.0660. The molecule has 0 radical (unpaired) electrons. The van der Waals surface area contributed by atoms with E-state index in [1.54, 1.807) is 25.1 Å². The summed E-state index contributed by atoms with van der Waals surface area (Å²) < 4.78 is 10.1. The number of pyridine rings is 1. The van der Waals surface area contributed by atoms with E-state index in [-0.39, 0.29) is 23.7 Å². The molecule has 1 aliphatic rings. The number of hydrogen-bond acceptors (Lipinski definition) is 7. The Morgan fingerprint density at radius 2 is 1.83 bits per heavy atom. The lowest BCUT2D eigenvalue weighted by molar-refractivity contribution is 0.0526. The standard InChI is InChI=1S/C23H31N3O4/c1-7-30-21(28)17-13-24-18-9-8-14(20(27)29-6)10-16(18)19(17)25-15-11-22(2,3)26-23(4,5)12-15/h8-10,13,15,26H,7,11-12H2,1-6H3,(H,24,25). The first-order chi connectivity index (χ1) is 14.0. The molecule has 3 rings (SSSR count). The van der Waals surface area contributed by atoms with E-state index in [2.05, 4.69) is 43.3 Å². The van der Waals surface area contributed by atoms with Gasteiger partial charge in [0, 0.05) is 28.7 Å². The van der Waals surface area contributed by atoms with Crippen molar-refractivity contribution < 1.29 is 19.1 Å². The van der Waals surface area contributed by atoms with Crippen molar-refractivity contribution in [2.24, 2.45) is 0 Å². The maximum atomic E-state index is 12.7. The summed E-state index contributed by atoms with van der Waals surface area (Å²) in [6, 6.07) is 5.28. The molecule has 1 aliphatic heterocycles. The molecule has 0 spiro atoms. The summed E-state index contributed by atoms with van der Waals surface area (Å²) in [6.45, 7) is 10.7. The zero-order valence-electron chi connectivity index (χ0n) is 18.6. The third-order valence-electron chi connectivity index (χ3n) is 5.32. The number of carbonyl (C=O) groups is 2. The highest BCUT2D eigenvalue weighted by Crippen LogP contribution is 2.34. The number of anilines is 1. The molecular weight excluding hydrogens is 382 g/mol. The van der Waals surface area contributed by atoms with Crippen LogP contribution in [0.1, 0.15) is 68.2 Å². The van der Waals surface area contributed by atoms with Crippen LogP contribution in [0, 0.1) is 0 Å². The second kappa shape index (κ2) is 8.22. The largest absolute Gasteiger partial charge is 0.465 e. The van der Waals surface area contributed by atoms with Gasteiger partial charge in [-0.25, -0.2) is 9.59 Å². The Morgan fingerprint density at radius 1 is 1.17 bits per heavy atom. The van der Waals surface area contributed by atoms with Crippen LogP contribution < -0.4 is 10.6 Å². The molecule has 7 nitrogen and oxygen atoms in total. The van der Waals surface area contributed by atoms with Crippen molar-refractivity contribution in [1.82, 2.24) is 10.3 Å². The fourth-order valence-corrected chi connectivity index (χ4v) is 4.58. The molecule has 1 saturated heterocycles. The van der Waals surface area contributed by atoms with Crippen molar-refractivity contribution in [3.8, 4) is 0 Å². The van der Waals surface area contributed by atoms with Crippen LogP contribution in [-0.4, -0.2) is 47.8 Å². The zero-order chi connectivity index (χ0) is 22.1. The van der Waals surface area contributed by atoms with Crippen LogP contribution >= 0.6 is 0 Å². The van der Waals surface area contributed by atoms with Gasteiger partial charge in [-0.05, 0) is 65.7 Å². The Labute approximate surface area is 177 Å². The lowest BCUT2D eigenvalue weighted by Crippen LogP contribution is -2.60. The first-order valence-electron chi connectivity index (χ1n) is 10.3.